The predicted octanol–water partition coefficient (Wildman–Crippen LogP) is 1.83. The van der Waals surface area contributed by atoms with Gasteiger partial charge in [-0.05, 0) is 56.8 Å². The molecular weight excluding hydrogens is 250 g/mol. The Kier molecular flexibility index (Phi) is 4.79. The third-order valence-corrected chi connectivity index (χ3v) is 3.94. The normalized spacial score (nSPS) is 17.5. The van der Waals surface area contributed by atoms with Gasteiger partial charge in [0.05, 0.1) is 0 Å². The molecule has 0 spiro atoms. The first-order valence-corrected chi connectivity index (χ1v) is 7.05. The first-order valence-electron chi connectivity index (χ1n) is 7.05. The SMILES string of the molecule is CN1CCC(N(C)C(=O)/C=C/c2ccc(N)cc2)CC1. The third kappa shape index (κ3) is 3.84. The minimum atomic E-state index is 0.0661. The highest BCUT2D eigenvalue weighted by Gasteiger charge is 2.22. The van der Waals surface area contributed by atoms with Gasteiger partial charge in [0.2, 0.25) is 5.91 Å². The topological polar surface area (TPSA) is 49.6 Å². The van der Waals surface area contributed by atoms with Crippen LogP contribution in [-0.4, -0.2) is 48.9 Å². The van der Waals surface area contributed by atoms with Gasteiger partial charge < -0.3 is 15.5 Å². The van der Waals surface area contributed by atoms with Gasteiger partial charge >= 0.3 is 0 Å². The maximum absolute atomic E-state index is 12.2. The first-order chi connectivity index (χ1) is 9.56. The van der Waals surface area contributed by atoms with Crippen molar-refractivity contribution in [2.45, 2.75) is 18.9 Å². The molecule has 0 unspecified atom stereocenters. The smallest absolute Gasteiger partial charge is 0.246 e. The van der Waals surface area contributed by atoms with Gasteiger partial charge in [0.1, 0.15) is 0 Å². The van der Waals surface area contributed by atoms with Crippen LogP contribution in [0, 0.1) is 0 Å². The Labute approximate surface area is 120 Å². The predicted molar refractivity (Wildman–Crippen MR) is 83.2 cm³/mol. The summed E-state index contributed by atoms with van der Waals surface area (Å²) >= 11 is 0. The second-order valence-corrected chi connectivity index (χ2v) is 5.48. The second kappa shape index (κ2) is 6.57. The van der Waals surface area contributed by atoms with Crippen LogP contribution >= 0.6 is 0 Å². The Balaban J connectivity index is 1.92. The number of amides is 1. The van der Waals surface area contributed by atoms with Gasteiger partial charge in [0.15, 0.2) is 0 Å². The maximum Gasteiger partial charge on any atom is 0.246 e. The van der Waals surface area contributed by atoms with Crippen molar-refractivity contribution in [3.05, 3.63) is 35.9 Å². The third-order valence-electron chi connectivity index (χ3n) is 3.94. The fourth-order valence-corrected chi connectivity index (χ4v) is 2.45. The van der Waals surface area contributed by atoms with E-state index in [9.17, 15) is 4.79 Å². The minimum Gasteiger partial charge on any atom is -0.399 e. The van der Waals surface area contributed by atoms with E-state index < -0.39 is 0 Å². The van der Waals surface area contributed by atoms with Gasteiger partial charge in [0, 0.05) is 24.9 Å². The summed E-state index contributed by atoms with van der Waals surface area (Å²) in [4.78, 5) is 16.3. The van der Waals surface area contributed by atoms with Crippen molar-refractivity contribution in [2.24, 2.45) is 0 Å². The number of nitrogens with two attached hydrogens (primary N) is 1. The summed E-state index contributed by atoms with van der Waals surface area (Å²) in [6, 6.07) is 7.86. The Hall–Kier alpha value is -1.81. The molecule has 1 heterocycles. The Morgan fingerprint density at radius 3 is 2.50 bits per heavy atom. The monoisotopic (exact) mass is 273 g/mol. The van der Waals surface area contributed by atoms with Crippen molar-refractivity contribution in [1.82, 2.24) is 9.80 Å². The zero-order chi connectivity index (χ0) is 14.5. The average Bonchev–Trinajstić information content (AvgIpc) is 2.46. The lowest BCUT2D eigenvalue weighted by Crippen LogP contribution is -2.43. The standard InChI is InChI=1S/C16H23N3O/c1-18-11-9-15(10-12-18)19(2)16(20)8-5-13-3-6-14(17)7-4-13/h3-8,15H,9-12,17H2,1-2H3/b8-5+. The molecule has 108 valence electrons. The summed E-state index contributed by atoms with van der Waals surface area (Å²) in [7, 11) is 4.02. The van der Waals surface area contributed by atoms with E-state index in [1.54, 1.807) is 6.08 Å². The Morgan fingerprint density at radius 2 is 1.90 bits per heavy atom. The van der Waals surface area contributed by atoms with Crippen molar-refractivity contribution in [2.75, 3.05) is 32.9 Å². The minimum absolute atomic E-state index is 0.0661. The lowest BCUT2D eigenvalue weighted by molar-refractivity contribution is -0.127. The molecule has 0 atom stereocenters. The van der Waals surface area contributed by atoms with E-state index in [1.165, 1.54) is 0 Å². The highest BCUT2D eigenvalue weighted by atomic mass is 16.2. The van der Waals surface area contributed by atoms with Crippen LogP contribution in [0.15, 0.2) is 30.3 Å². The van der Waals surface area contributed by atoms with E-state index in [4.69, 9.17) is 5.73 Å². The largest absolute Gasteiger partial charge is 0.399 e. The van der Waals surface area contributed by atoms with Crippen molar-refractivity contribution >= 4 is 17.7 Å². The molecule has 1 fully saturated rings. The highest BCUT2D eigenvalue weighted by molar-refractivity contribution is 5.91. The molecule has 4 nitrogen and oxygen atoms in total. The van der Waals surface area contributed by atoms with E-state index in [2.05, 4.69) is 11.9 Å². The zero-order valence-corrected chi connectivity index (χ0v) is 12.2. The van der Waals surface area contributed by atoms with Crippen molar-refractivity contribution in [1.29, 1.82) is 0 Å². The molecule has 1 saturated heterocycles. The molecule has 2 rings (SSSR count). The van der Waals surface area contributed by atoms with Gasteiger partial charge in [-0.3, -0.25) is 4.79 Å². The molecule has 4 heteroatoms. The summed E-state index contributed by atoms with van der Waals surface area (Å²) in [5.41, 5.74) is 7.36. The number of nitrogens with zero attached hydrogens (tertiary/aromatic N) is 2. The number of piperidine rings is 1. The Morgan fingerprint density at radius 1 is 1.30 bits per heavy atom. The quantitative estimate of drug-likeness (QED) is 0.675. The number of anilines is 1. The average molecular weight is 273 g/mol. The number of carbonyl (C=O) groups excluding carboxylic acids is 1. The van der Waals surface area contributed by atoms with Crippen LogP contribution < -0.4 is 5.73 Å². The number of carbonyl (C=O) groups is 1. The lowest BCUT2D eigenvalue weighted by atomic mass is 10.0. The molecule has 1 amide bonds. The van der Waals surface area contributed by atoms with Gasteiger partial charge in [-0.2, -0.15) is 0 Å². The molecule has 1 aliphatic rings. The van der Waals surface area contributed by atoms with E-state index in [0.717, 1.165) is 37.2 Å². The summed E-state index contributed by atoms with van der Waals surface area (Å²) in [6.45, 7) is 2.12. The highest BCUT2D eigenvalue weighted by Crippen LogP contribution is 2.15. The number of likely N-dealkylation sites (N-methyl/N-ethyl adjacent to an activating group) is 1. The second-order valence-electron chi connectivity index (χ2n) is 5.48. The molecule has 20 heavy (non-hydrogen) atoms. The molecule has 1 aromatic carbocycles. The molecular formula is C16H23N3O. The van der Waals surface area contributed by atoms with Gasteiger partial charge in [0.25, 0.3) is 0 Å². The lowest BCUT2D eigenvalue weighted by Gasteiger charge is -2.34. The summed E-state index contributed by atoms with van der Waals surface area (Å²) < 4.78 is 0. The van der Waals surface area contributed by atoms with Crippen LogP contribution in [0.3, 0.4) is 0 Å². The summed E-state index contributed by atoms with van der Waals surface area (Å²) in [5, 5.41) is 0. The number of hydrogen-bond acceptors (Lipinski definition) is 3. The van der Waals surface area contributed by atoms with Crippen LogP contribution in [0.25, 0.3) is 6.08 Å². The van der Waals surface area contributed by atoms with Crippen LogP contribution in [0.2, 0.25) is 0 Å². The van der Waals surface area contributed by atoms with Crippen LogP contribution in [0.5, 0.6) is 0 Å². The molecule has 0 saturated carbocycles. The van der Waals surface area contributed by atoms with E-state index in [1.807, 2.05) is 42.3 Å². The number of benzene rings is 1. The van der Waals surface area contributed by atoms with Crippen LogP contribution in [0.1, 0.15) is 18.4 Å². The van der Waals surface area contributed by atoms with Crippen LogP contribution in [0.4, 0.5) is 5.69 Å². The van der Waals surface area contributed by atoms with Crippen LogP contribution in [-0.2, 0) is 4.79 Å². The van der Waals surface area contributed by atoms with Gasteiger partial charge in [-0.25, -0.2) is 0 Å². The van der Waals surface area contributed by atoms with Gasteiger partial charge in [-0.1, -0.05) is 12.1 Å². The number of likely N-dealkylation sites (tertiary alicyclic amines) is 1. The van der Waals surface area contributed by atoms with E-state index in [-0.39, 0.29) is 5.91 Å². The summed E-state index contributed by atoms with van der Waals surface area (Å²) in [6.07, 6.45) is 5.58. The molecule has 1 aromatic rings. The van der Waals surface area contributed by atoms with Crippen molar-refractivity contribution in [3.8, 4) is 0 Å². The molecule has 0 bridgehead atoms. The van der Waals surface area contributed by atoms with Gasteiger partial charge in [-0.15, -0.1) is 0 Å². The first kappa shape index (κ1) is 14.6. The Bertz CT molecular complexity index is 473. The number of hydrogen-bond donors (Lipinski definition) is 1. The summed E-state index contributed by atoms with van der Waals surface area (Å²) in [5.74, 6) is 0.0661. The number of rotatable bonds is 3. The van der Waals surface area contributed by atoms with Crippen molar-refractivity contribution < 1.29 is 4.79 Å². The molecule has 0 radical (unpaired) electrons. The molecule has 1 aliphatic heterocycles. The fourth-order valence-electron chi connectivity index (χ4n) is 2.45. The number of nitrogen functional groups attached to an aromatic ring is 1. The van der Waals surface area contributed by atoms with E-state index >= 15 is 0 Å². The molecule has 0 aliphatic carbocycles. The van der Waals surface area contributed by atoms with E-state index in [0.29, 0.717) is 6.04 Å². The molecule has 2 N–H and O–H groups in total. The maximum atomic E-state index is 12.2. The zero-order valence-electron chi connectivity index (χ0n) is 12.2. The van der Waals surface area contributed by atoms with Crippen molar-refractivity contribution in [3.63, 3.8) is 0 Å². The molecule has 0 aromatic heterocycles. The fraction of sp³-hybridized carbons (Fsp3) is 0.438.